The van der Waals surface area contributed by atoms with Crippen molar-refractivity contribution in [2.24, 2.45) is 5.73 Å². The maximum Gasteiger partial charge on any atom is 0.414 e. The molecule has 1 heterocycles. The number of rotatable bonds is 6. The number of nitrogens with zero attached hydrogens (tertiary/aromatic N) is 2. The molecule has 0 saturated heterocycles. The van der Waals surface area contributed by atoms with Crippen LogP contribution < -0.4 is 10.5 Å². The van der Waals surface area contributed by atoms with Crippen molar-refractivity contribution in [3.8, 4) is 11.8 Å². The van der Waals surface area contributed by atoms with Crippen molar-refractivity contribution in [2.75, 3.05) is 6.61 Å². The smallest absolute Gasteiger partial charge is 0.414 e. The lowest BCUT2D eigenvalue weighted by molar-refractivity contribution is -0.159. The Morgan fingerprint density at radius 1 is 1.39 bits per heavy atom. The number of carboxylic acids is 2. The molecule has 28 heavy (non-hydrogen) atoms. The number of hydrogen-bond acceptors (Lipinski definition) is 8. The molecular formula is C16H15ClFN3O6S. The zero-order valence-electron chi connectivity index (χ0n) is 14.1. The fourth-order valence-electron chi connectivity index (χ4n) is 1.81. The largest absolute Gasteiger partial charge is 0.482 e. The minimum absolute atomic E-state index is 0.0287. The Balaban J connectivity index is 0.000000568. The van der Waals surface area contributed by atoms with E-state index in [2.05, 4.69) is 4.98 Å². The van der Waals surface area contributed by atoms with Crippen molar-refractivity contribution in [2.45, 2.75) is 18.6 Å². The van der Waals surface area contributed by atoms with Gasteiger partial charge in [0.15, 0.2) is 6.10 Å². The van der Waals surface area contributed by atoms with Crippen LogP contribution in [0.5, 0.6) is 5.75 Å². The Morgan fingerprint density at radius 3 is 2.50 bits per heavy atom. The number of carbonyl (C=O) groups is 2. The molecule has 0 saturated carbocycles. The van der Waals surface area contributed by atoms with Crippen molar-refractivity contribution in [3.63, 3.8) is 0 Å². The van der Waals surface area contributed by atoms with Crippen LogP contribution in [-0.2, 0) is 9.59 Å². The molecule has 12 heteroatoms. The van der Waals surface area contributed by atoms with E-state index >= 15 is 0 Å². The zero-order valence-corrected chi connectivity index (χ0v) is 15.7. The molecule has 0 aliphatic heterocycles. The zero-order chi connectivity index (χ0) is 21.3. The van der Waals surface area contributed by atoms with E-state index in [1.54, 1.807) is 11.6 Å². The molecule has 1 aromatic carbocycles. The molecule has 0 radical (unpaired) electrons. The number of nitrogens with two attached hydrogens (primary N) is 1. The predicted molar refractivity (Wildman–Crippen MR) is 96.6 cm³/mol. The fourth-order valence-corrected chi connectivity index (χ4v) is 2.64. The third-order valence-corrected chi connectivity index (χ3v) is 4.23. The standard InChI is InChI=1S/C14H13ClFN3O2S.C2H2O4/c15-10-5-12(8(6-17)3-11(10)16)21-13(4-9(18)7-20)14-19-1-2-22-14;3-1(4)2(5)6/h1-3,5,9,13,20H,4,7,18H2;(H,3,4)(H,5,6)/t9-,13+;/m0./s1. The van der Waals surface area contributed by atoms with Gasteiger partial charge < -0.3 is 25.8 Å². The number of aliphatic hydroxyl groups excluding tert-OH is 1. The van der Waals surface area contributed by atoms with Crippen molar-refractivity contribution >= 4 is 34.9 Å². The SMILES string of the molecule is N#Cc1cc(F)c(Cl)cc1O[C@H](C[C@H](N)CO)c1nccs1.O=C(O)C(=O)O. The van der Waals surface area contributed by atoms with Gasteiger partial charge in [0, 0.05) is 30.1 Å². The van der Waals surface area contributed by atoms with Gasteiger partial charge in [-0.25, -0.2) is 19.0 Å². The Morgan fingerprint density at radius 2 is 2.04 bits per heavy atom. The van der Waals surface area contributed by atoms with Gasteiger partial charge in [0.1, 0.15) is 22.6 Å². The number of benzene rings is 1. The van der Waals surface area contributed by atoms with E-state index in [-0.39, 0.29) is 22.9 Å². The minimum Gasteiger partial charge on any atom is -0.482 e. The van der Waals surface area contributed by atoms with Gasteiger partial charge in [-0.05, 0) is 6.07 Å². The van der Waals surface area contributed by atoms with Crippen LogP contribution in [0.15, 0.2) is 23.7 Å². The molecule has 150 valence electrons. The lowest BCUT2D eigenvalue weighted by Crippen LogP contribution is -2.28. The van der Waals surface area contributed by atoms with Crippen LogP contribution in [0.4, 0.5) is 4.39 Å². The number of halogens is 2. The predicted octanol–water partition coefficient (Wildman–Crippen LogP) is 1.79. The van der Waals surface area contributed by atoms with Crippen molar-refractivity contribution in [3.05, 3.63) is 45.1 Å². The highest BCUT2D eigenvalue weighted by Gasteiger charge is 2.22. The van der Waals surface area contributed by atoms with Gasteiger partial charge in [0.2, 0.25) is 0 Å². The molecule has 2 atom stereocenters. The molecule has 2 rings (SSSR count). The van der Waals surface area contributed by atoms with Gasteiger partial charge in [-0.3, -0.25) is 0 Å². The summed E-state index contributed by atoms with van der Waals surface area (Å²) in [5, 5.41) is 35.3. The topological polar surface area (TPSA) is 167 Å². The van der Waals surface area contributed by atoms with Crippen LogP contribution in [0.3, 0.4) is 0 Å². The van der Waals surface area contributed by atoms with Crippen LogP contribution in [0.1, 0.15) is 23.1 Å². The normalized spacial score (nSPS) is 12.1. The highest BCUT2D eigenvalue weighted by atomic mass is 35.5. The van der Waals surface area contributed by atoms with Crippen LogP contribution in [0.25, 0.3) is 0 Å². The van der Waals surface area contributed by atoms with E-state index in [1.165, 1.54) is 17.4 Å². The molecule has 0 spiro atoms. The fraction of sp³-hybridized carbons (Fsp3) is 0.250. The maximum absolute atomic E-state index is 13.4. The summed E-state index contributed by atoms with van der Waals surface area (Å²) in [6, 6.07) is 3.62. The summed E-state index contributed by atoms with van der Waals surface area (Å²) in [6.07, 6.45) is 1.35. The first-order valence-corrected chi connectivity index (χ1v) is 8.73. The second kappa shape index (κ2) is 11.2. The average molecular weight is 432 g/mol. The van der Waals surface area contributed by atoms with E-state index in [9.17, 15) is 4.39 Å². The van der Waals surface area contributed by atoms with Crippen molar-refractivity contribution in [1.29, 1.82) is 5.26 Å². The summed E-state index contributed by atoms with van der Waals surface area (Å²) in [4.78, 5) is 22.4. The first-order chi connectivity index (χ1) is 13.2. The molecule has 0 aliphatic carbocycles. The van der Waals surface area contributed by atoms with Gasteiger partial charge >= 0.3 is 11.9 Å². The van der Waals surface area contributed by atoms with E-state index in [4.69, 9.17) is 52.2 Å². The third-order valence-electron chi connectivity index (χ3n) is 3.07. The molecule has 5 N–H and O–H groups in total. The summed E-state index contributed by atoms with van der Waals surface area (Å²) < 4.78 is 19.2. The van der Waals surface area contributed by atoms with Crippen LogP contribution in [0, 0.1) is 17.1 Å². The van der Waals surface area contributed by atoms with Crippen molar-refractivity contribution < 1.29 is 34.0 Å². The van der Waals surface area contributed by atoms with Crippen LogP contribution in [-0.4, -0.2) is 44.9 Å². The number of aromatic nitrogens is 1. The lowest BCUT2D eigenvalue weighted by Gasteiger charge is -2.20. The average Bonchev–Trinajstić information content (AvgIpc) is 3.18. The second-order valence-corrected chi connectivity index (χ2v) is 6.47. The Bertz CT molecular complexity index is 847. The third kappa shape index (κ3) is 7.09. The van der Waals surface area contributed by atoms with Gasteiger partial charge in [-0.15, -0.1) is 11.3 Å². The molecule has 0 unspecified atom stereocenters. The highest BCUT2D eigenvalue weighted by molar-refractivity contribution is 7.09. The quantitative estimate of drug-likeness (QED) is 0.498. The highest BCUT2D eigenvalue weighted by Crippen LogP contribution is 2.32. The Labute approximate surface area is 167 Å². The summed E-state index contributed by atoms with van der Waals surface area (Å²) in [5.74, 6) is -4.19. The number of thiazole rings is 1. The Kier molecular flexibility index (Phi) is 9.26. The summed E-state index contributed by atoms with van der Waals surface area (Å²) in [6.45, 7) is -0.208. The number of hydrogen-bond donors (Lipinski definition) is 4. The summed E-state index contributed by atoms with van der Waals surface area (Å²) in [7, 11) is 0. The molecule has 1 aromatic heterocycles. The number of aliphatic hydroxyl groups is 1. The molecule has 0 bridgehead atoms. The van der Waals surface area contributed by atoms with Crippen LogP contribution in [0.2, 0.25) is 5.02 Å². The number of nitriles is 1. The van der Waals surface area contributed by atoms with Gasteiger partial charge in [0.25, 0.3) is 0 Å². The molecular weight excluding hydrogens is 417 g/mol. The van der Waals surface area contributed by atoms with Crippen LogP contribution >= 0.6 is 22.9 Å². The molecule has 0 fully saturated rings. The molecule has 0 aliphatic rings. The van der Waals surface area contributed by atoms with Gasteiger partial charge in [-0.2, -0.15) is 5.26 Å². The van der Waals surface area contributed by atoms with Gasteiger partial charge in [-0.1, -0.05) is 11.6 Å². The summed E-state index contributed by atoms with van der Waals surface area (Å²) in [5.41, 5.74) is 5.78. The maximum atomic E-state index is 13.4. The Hall–Kier alpha value is -2.78. The molecule has 9 nitrogen and oxygen atoms in total. The second-order valence-electron chi connectivity index (χ2n) is 5.14. The first-order valence-electron chi connectivity index (χ1n) is 7.47. The van der Waals surface area contributed by atoms with E-state index in [1.807, 2.05) is 6.07 Å². The minimum atomic E-state index is -1.82. The molecule has 0 amide bonds. The van der Waals surface area contributed by atoms with E-state index < -0.39 is 29.9 Å². The van der Waals surface area contributed by atoms with E-state index in [0.717, 1.165) is 6.07 Å². The monoisotopic (exact) mass is 431 g/mol. The number of ether oxygens (including phenoxy) is 1. The molecule has 2 aromatic rings. The van der Waals surface area contributed by atoms with E-state index in [0.29, 0.717) is 11.4 Å². The van der Waals surface area contributed by atoms with Crippen molar-refractivity contribution in [1.82, 2.24) is 4.98 Å². The lowest BCUT2D eigenvalue weighted by atomic mass is 10.1. The number of aliphatic carboxylic acids is 2. The first kappa shape index (κ1) is 23.3. The summed E-state index contributed by atoms with van der Waals surface area (Å²) >= 11 is 7.10. The van der Waals surface area contributed by atoms with Gasteiger partial charge in [0.05, 0.1) is 17.2 Å². The number of carboxylic acid groups (broad SMARTS) is 2.